The van der Waals surface area contributed by atoms with Crippen LogP contribution in [0.15, 0.2) is 36.7 Å². The van der Waals surface area contributed by atoms with Gasteiger partial charge in [0, 0.05) is 18.0 Å². The van der Waals surface area contributed by atoms with Crippen molar-refractivity contribution < 1.29 is 9.53 Å². The van der Waals surface area contributed by atoms with E-state index in [-0.39, 0.29) is 11.9 Å². The van der Waals surface area contributed by atoms with Crippen molar-refractivity contribution in [2.24, 2.45) is 0 Å². The van der Waals surface area contributed by atoms with E-state index in [1.807, 2.05) is 24.5 Å². The summed E-state index contributed by atoms with van der Waals surface area (Å²) in [6.45, 7) is 6.99. The fourth-order valence-electron chi connectivity index (χ4n) is 3.31. The van der Waals surface area contributed by atoms with Crippen molar-refractivity contribution in [3.63, 3.8) is 0 Å². The van der Waals surface area contributed by atoms with Crippen LogP contribution >= 0.6 is 0 Å². The summed E-state index contributed by atoms with van der Waals surface area (Å²) >= 11 is 0. The Balaban J connectivity index is 1.83. The lowest BCUT2D eigenvalue weighted by Gasteiger charge is -2.12. The van der Waals surface area contributed by atoms with E-state index in [2.05, 4.69) is 42.9 Å². The normalized spacial score (nSPS) is 12.0. The molecule has 0 saturated carbocycles. The monoisotopic (exact) mass is 396 g/mol. The van der Waals surface area contributed by atoms with Crippen molar-refractivity contribution in [3.05, 3.63) is 47.8 Å². The molecule has 0 spiro atoms. The van der Waals surface area contributed by atoms with E-state index in [1.54, 1.807) is 0 Å². The molecule has 0 N–H and O–H groups in total. The number of esters is 1. The van der Waals surface area contributed by atoms with Crippen LogP contribution < -0.4 is 0 Å². The summed E-state index contributed by atoms with van der Waals surface area (Å²) in [6, 6.07) is 8.20. The van der Waals surface area contributed by atoms with Gasteiger partial charge < -0.3 is 4.74 Å². The summed E-state index contributed by atoms with van der Waals surface area (Å²) in [6.07, 6.45) is 13.5. The minimum Gasteiger partial charge on any atom is -0.466 e. The predicted octanol–water partition coefficient (Wildman–Crippen LogP) is 6.49. The van der Waals surface area contributed by atoms with Crippen molar-refractivity contribution in [1.29, 1.82) is 0 Å². The summed E-state index contributed by atoms with van der Waals surface area (Å²) in [7, 11) is 0. The molecule has 2 rings (SSSR count). The molecule has 1 heterocycles. The maximum Gasteiger partial charge on any atom is 0.306 e. The van der Waals surface area contributed by atoms with E-state index in [4.69, 9.17) is 4.74 Å². The maximum absolute atomic E-state index is 12.0. The number of hydrogen-bond donors (Lipinski definition) is 0. The first-order valence-electron chi connectivity index (χ1n) is 11.2. The van der Waals surface area contributed by atoms with Gasteiger partial charge in [0.15, 0.2) is 5.82 Å². The topological polar surface area (TPSA) is 52.1 Å². The Kier molecular flexibility index (Phi) is 10.4. The molecule has 1 aromatic heterocycles. The van der Waals surface area contributed by atoms with Gasteiger partial charge in [0.05, 0.1) is 13.0 Å². The molecule has 0 aliphatic heterocycles. The highest BCUT2D eigenvalue weighted by molar-refractivity contribution is 5.70. The van der Waals surface area contributed by atoms with Gasteiger partial charge in [0.1, 0.15) is 0 Å². The largest absolute Gasteiger partial charge is 0.466 e. The third-order valence-corrected chi connectivity index (χ3v) is 5.25. The van der Waals surface area contributed by atoms with Gasteiger partial charge in [-0.2, -0.15) is 0 Å². The molecule has 1 aromatic carbocycles. The van der Waals surface area contributed by atoms with Crippen molar-refractivity contribution >= 4 is 5.97 Å². The van der Waals surface area contributed by atoms with Gasteiger partial charge in [-0.1, -0.05) is 77.1 Å². The minimum atomic E-state index is -0.111. The zero-order valence-corrected chi connectivity index (χ0v) is 18.3. The van der Waals surface area contributed by atoms with Gasteiger partial charge in [-0.3, -0.25) is 4.79 Å². The number of carbonyl (C=O) groups excluding carboxylic acids is 1. The summed E-state index contributed by atoms with van der Waals surface area (Å²) in [5.41, 5.74) is 3.33. The zero-order chi connectivity index (χ0) is 20.9. The SMILES string of the molecule is CCCCCCOC(=O)CC(C)c1ccc(-c2ncc(CCCCC)cn2)cc1. The standard InChI is InChI=1S/C25H36N2O2/c1-4-6-8-10-16-29-24(28)17-20(3)22-12-14-23(15-13-22)25-26-18-21(19-27-25)11-9-7-5-2/h12-15,18-20H,4-11,16-17H2,1-3H3. The Hall–Kier alpha value is -2.23. The Labute approximate surface area is 176 Å². The Bertz CT molecular complexity index is 711. The van der Waals surface area contributed by atoms with E-state index in [1.165, 1.54) is 37.7 Å². The molecule has 0 fully saturated rings. The van der Waals surface area contributed by atoms with Gasteiger partial charge in [0.2, 0.25) is 0 Å². The lowest BCUT2D eigenvalue weighted by atomic mass is 9.96. The van der Waals surface area contributed by atoms with Crippen LogP contribution in [0.1, 0.15) is 89.2 Å². The first kappa shape index (κ1) is 23.1. The first-order valence-corrected chi connectivity index (χ1v) is 11.2. The number of unbranched alkanes of at least 4 members (excludes halogenated alkanes) is 5. The zero-order valence-electron chi connectivity index (χ0n) is 18.3. The Morgan fingerprint density at radius 2 is 1.59 bits per heavy atom. The second-order valence-corrected chi connectivity index (χ2v) is 7.88. The van der Waals surface area contributed by atoms with Crippen LogP contribution in [0, 0.1) is 0 Å². The number of benzene rings is 1. The highest BCUT2D eigenvalue weighted by atomic mass is 16.5. The van der Waals surface area contributed by atoms with Crippen molar-refractivity contribution in [2.45, 2.75) is 84.5 Å². The molecule has 0 aliphatic carbocycles. The molecule has 0 radical (unpaired) electrons. The number of carbonyl (C=O) groups is 1. The second kappa shape index (κ2) is 13.1. The Morgan fingerprint density at radius 1 is 0.931 bits per heavy atom. The van der Waals surface area contributed by atoms with Crippen LogP contribution in [0.4, 0.5) is 0 Å². The number of aryl methyl sites for hydroxylation is 1. The van der Waals surface area contributed by atoms with E-state index in [9.17, 15) is 4.79 Å². The smallest absolute Gasteiger partial charge is 0.306 e. The highest BCUT2D eigenvalue weighted by Crippen LogP contribution is 2.23. The second-order valence-electron chi connectivity index (χ2n) is 7.88. The van der Waals surface area contributed by atoms with Gasteiger partial charge >= 0.3 is 5.97 Å². The average Bonchev–Trinajstić information content (AvgIpc) is 2.74. The van der Waals surface area contributed by atoms with Crippen LogP contribution in [-0.4, -0.2) is 22.5 Å². The average molecular weight is 397 g/mol. The van der Waals surface area contributed by atoms with Crippen LogP contribution in [-0.2, 0) is 16.0 Å². The fourth-order valence-corrected chi connectivity index (χ4v) is 3.31. The lowest BCUT2D eigenvalue weighted by molar-refractivity contribution is -0.144. The van der Waals surface area contributed by atoms with Crippen LogP contribution in [0.3, 0.4) is 0 Å². The summed E-state index contributed by atoms with van der Waals surface area (Å²) < 4.78 is 5.36. The Morgan fingerprint density at radius 3 is 2.24 bits per heavy atom. The molecule has 0 saturated heterocycles. The predicted molar refractivity (Wildman–Crippen MR) is 119 cm³/mol. The van der Waals surface area contributed by atoms with E-state index >= 15 is 0 Å². The lowest BCUT2D eigenvalue weighted by Crippen LogP contribution is -2.09. The van der Waals surface area contributed by atoms with E-state index in [0.717, 1.165) is 36.2 Å². The molecule has 0 amide bonds. The fraction of sp³-hybridized carbons (Fsp3) is 0.560. The van der Waals surface area contributed by atoms with Crippen molar-refractivity contribution in [3.8, 4) is 11.4 Å². The van der Waals surface area contributed by atoms with Gasteiger partial charge in [0.25, 0.3) is 0 Å². The number of ether oxygens (including phenoxy) is 1. The molecule has 4 nitrogen and oxygen atoms in total. The molecule has 158 valence electrons. The van der Waals surface area contributed by atoms with Crippen LogP contribution in [0.5, 0.6) is 0 Å². The van der Waals surface area contributed by atoms with Crippen LogP contribution in [0.2, 0.25) is 0 Å². The quantitative estimate of drug-likeness (QED) is 0.287. The van der Waals surface area contributed by atoms with Crippen LogP contribution in [0.25, 0.3) is 11.4 Å². The maximum atomic E-state index is 12.0. The molecular weight excluding hydrogens is 360 g/mol. The van der Waals surface area contributed by atoms with Crippen molar-refractivity contribution in [2.75, 3.05) is 6.61 Å². The van der Waals surface area contributed by atoms with E-state index in [0.29, 0.717) is 13.0 Å². The molecular formula is C25H36N2O2. The molecule has 4 heteroatoms. The third-order valence-electron chi connectivity index (χ3n) is 5.25. The number of rotatable bonds is 13. The van der Waals surface area contributed by atoms with Crippen molar-refractivity contribution in [1.82, 2.24) is 9.97 Å². The molecule has 1 atom stereocenters. The molecule has 0 aliphatic rings. The molecule has 29 heavy (non-hydrogen) atoms. The van der Waals surface area contributed by atoms with Gasteiger partial charge in [-0.05, 0) is 36.3 Å². The molecule has 2 aromatic rings. The molecule has 0 bridgehead atoms. The van der Waals surface area contributed by atoms with E-state index < -0.39 is 0 Å². The van der Waals surface area contributed by atoms with Gasteiger partial charge in [-0.25, -0.2) is 9.97 Å². The highest BCUT2D eigenvalue weighted by Gasteiger charge is 2.13. The number of aromatic nitrogens is 2. The number of hydrogen-bond acceptors (Lipinski definition) is 4. The summed E-state index contributed by atoms with van der Waals surface area (Å²) in [5.74, 6) is 0.768. The summed E-state index contributed by atoms with van der Waals surface area (Å²) in [4.78, 5) is 21.1. The first-order chi connectivity index (χ1) is 14.1. The third kappa shape index (κ3) is 8.35. The number of nitrogens with zero attached hydrogens (tertiary/aromatic N) is 2. The van der Waals surface area contributed by atoms with Gasteiger partial charge in [-0.15, -0.1) is 0 Å². The minimum absolute atomic E-state index is 0.111. The molecule has 1 unspecified atom stereocenters. The summed E-state index contributed by atoms with van der Waals surface area (Å²) in [5, 5.41) is 0.